The van der Waals surface area contributed by atoms with Crippen LogP contribution >= 0.6 is 11.6 Å². The Bertz CT molecular complexity index is 1150. The Balaban J connectivity index is 1.82. The molecule has 3 atom stereocenters. The number of nitrogens with zero attached hydrogens (tertiary/aromatic N) is 1. The normalized spacial score (nSPS) is 20.4. The lowest BCUT2D eigenvalue weighted by molar-refractivity contribution is -0.142. The van der Waals surface area contributed by atoms with Gasteiger partial charge in [-0.05, 0) is 73.1 Å². The maximum atomic E-state index is 13.5. The molecule has 0 radical (unpaired) electrons. The number of carbonyl (C=O) groups is 2. The number of halogens is 1. The minimum atomic E-state index is -0.765. The Morgan fingerprint density at radius 1 is 1.17 bits per heavy atom. The van der Waals surface area contributed by atoms with Gasteiger partial charge in [-0.3, -0.25) is 4.79 Å². The number of urea groups is 1. The average Bonchev–Trinajstić information content (AvgIpc) is 3.33. The van der Waals surface area contributed by atoms with E-state index in [4.69, 9.17) is 21.1 Å². The van der Waals surface area contributed by atoms with E-state index in [1.54, 1.807) is 18.9 Å². The number of amides is 2. The molecule has 8 heteroatoms. The lowest BCUT2D eigenvalue weighted by atomic mass is 9.76. The average molecular weight is 601 g/mol. The lowest BCUT2D eigenvalue weighted by Gasteiger charge is -2.45. The maximum absolute atomic E-state index is 13.5. The van der Waals surface area contributed by atoms with Crippen LogP contribution < -0.4 is 5.32 Å². The molecule has 1 saturated carbocycles. The van der Waals surface area contributed by atoms with Crippen LogP contribution in [0.15, 0.2) is 48.5 Å². The van der Waals surface area contributed by atoms with Crippen molar-refractivity contribution < 1.29 is 24.2 Å². The molecule has 42 heavy (non-hydrogen) atoms. The summed E-state index contributed by atoms with van der Waals surface area (Å²) in [5.74, 6) is -0.410. The second-order valence-corrected chi connectivity index (χ2v) is 13.0. The fourth-order valence-electron chi connectivity index (χ4n) is 6.13. The van der Waals surface area contributed by atoms with Gasteiger partial charge in [0.2, 0.25) is 0 Å². The molecule has 2 amide bonds. The van der Waals surface area contributed by atoms with Crippen LogP contribution in [0.25, 0.3) is 0 Å². The summed E-state index contributed by atoms with van der Waals surface area (Å²) in [6.07, 6.45) is 4.26. The van der Waals surface area contributed by atoms with Crippen molar-refractivity contribution >= 4 is 23.6 Å². The van der Waals surface area contributed by atoms with E-state index in [2.05, 4.69) is 38.2 Å². The number of carbonyl (C=O) groups excluding carboxylic acids is 2. The Morgan fingerprint density at radius 2 is 1.90 bits per heavy atom. The Hall–Kier alpha value is -2.61. The monoisotopic (exact) mass is 600 g/mol. The fraction of sp³-hybridized carbons (Fsp3) is 0.588. The number of benzene rings is 2. The third-order valence-corrected chi connectivity index (χ3v) is 8.88. The number of hydrogen-bond acceptors (Lipinski definition) is 5. The first-order valence-electron chi connectivity index (χ1n) is 15.2. The number of aliphatic hydroxyl groups excluding tert-OH is 1. The number of aryl methyl sites for hydroxylation is 1. The van der Waals surface area contributed by atoms with Crippen molar-refractivity contribution in [2.75, 3.05) is 33.4 Å². The van der Waals surface area contributed by atoms with Crippen LogP contribution in [0.4, 0.5) is 4.79 Å². The number of rotatable bonds is 14. The first kappa shape index (κ1) is 33.9. The molecular weight excluding hydrogens is 552 g/mol. The van der Waals surface area contributed by atoms with Gasteiger partial charge in [-0.1, -0.05) is 74.8 Å². The van der Waals surface area contributed by atoms with Gasteiger partial charge in [-0.15, -0.1) is 0 Å². The third-order valence-electron chi connectivity index (χ3n) is 8.53. The van der Waals surface area contributed by atoms with Crippen LogP contribution in [0.1, 0.15) is 76.5 Å². The van der Waals surface area contributed by atoms with Gasteiger partial charge < -0.3 is 24.8 Å². The molecule has 3 rings (SSSR count). The van der Waals surface area contributed by atoms with Gasteiger partial charge in [0.25, 0.3) is 0 Å². The van der Waals surface area contributed by atoms with Gasteiger partial charge in [0.05, 0.1) is 25.2 Å². The van der Waals surface area contributed by atoms with Crippen molar-refractivity contribution in [2.24, 2.45) is 17.3 Å². The van der Waals surface area contributed by atoms with Gasteiger partial charge >= 0.3 is 12.0 Å². The van der Waals surface area contributed by atoms with Crippen LogP contribution in [0.5, 0.6) is 0 Å². The molecule has 7 nitrogen and oxygen atoms in total. The van der Waals surface area contributed by atoms with Crippen LogP contribution in [0.2, 0.25) is 5.02 Å². The lowest BCUT2D eigenvalue weighted by Crippen LogP contribution is -2.54. The second-order valence-electron chi connectivity index (χ2n) is 12.6. The largest absolute Gasteiger partial charge is 0.466 e. The number of hydrogen-bond donors (Lipinski definition) is 2. The topological polar surface area (TPSA) is 88.1 Å². The summed E-state index contributed by atoms with van der Waals surface area (Å²) < 4.78 is 11.0. The van der Waals surface area contributed by atoms with E-state index in [-0.39, 0.29) is 48.8 Å². The van der Waals surface area contributed by atoms with Gasteiger partial charge in [0.15, 0.2) is 0 Å². The summed E-state index contributed by atoms with van der Waals surface area (Å²) in [6.45, 7) is 9.90. The van der Waals surface area contributed by atoms with Crippen molar-refractivity contribution in [3.63, 3.8) is 0 Å². The highest BCUT2D eigenvalue weighted by Gasteiger charge is 2.53. The molecule has 1 aliphatic rings. The standard InChI is InChI=1S/C34H49ClN2O5/c1-6-42-31(39)16-20-36-32(40)37(5)34(28-13-12-27(30(35)22-28)14-18-33(2,3)4)19-15-26(29(34)23-38)17-21-41-24-25-10-8-7-9-11-25/h7-13,22,26,29,38H,6,14-21,23-24H2,1-5H3,(H,36,40). The zero-order valence-corrected chi connectivity index (χ0v) is 26.7. The van der Waals surface area contributed by atoms with Crippen molar-refractivity contribution in [1.82, 2.24) is 10.2 Å². The van der Waals surface area contributed by atoms with Crippen molar-refractivity contribution in [3.05, 3.63) is 70.2 Å². The van der Waals surface area contributed by atoms with E-state index >= 15 is 0 Å². The van der Waals surface area contributed by atoms with E-state index in [1.807, 2.05) is 36.4 Å². The smallest absolute Gasteiger partial charge is 0.317 e. The van der Waals surface area contributed by atoms with Gasteiger partial charge in [0.1, 0.15) is 0 Å². The minimum Gasteiger partial charge on any atom is -0.466 e. The summed E-state index contributed by atoms with van der Waals surface area (Å²) in [5, 5.41) is 14.4. The van der Waals surface area contributed by atoms with Gasteiger partial charge in [0, 0.05) is 37.7 Å². The molecular formula is C34H49ClN2O5. The molecule has 0 saturated heterocycles. The van der Waals surface area contributed by atoms with E-state index in [1.165, 1.54) is 0 Å². The van der Waals surface area contributed by atoms with Crippen LogP contribution in [0.3, 0.4) is 0 Å². The summed E-state index contributed by atoms with van der Waals surface area (Å²) in [6, 6.07) is 15.9. The molecule has 0 bridgehead atoms. The first-order valence-corrected chi connectivity index (χ1v) is 15.6. The van der Waals surface area contributed by atoms with Crippen LogP contribution in [-0.2, 0) is 32.8 Å². The summed E-state index contributed by atoms with van der Waals surface area (Å²) >= 11 is 6.87. The molecule has 1 fully saturated rings. The summed E-state index contributed by atoms with van der Waals surface area (Å²) in [5.41, 5.74) is 2.54. The zero-order chi connectivity index (χ0) is 30.8. The maximum Gasteiger partial charge on any atom is 0.317 e. The quantitative estimate of drug-likeness (QED) is 0.185. The molecule has 0 aromatic heterocycles. The zero-order valence-electron chi connectivity index (χ0n) is 26.0. The summed E-state index contributed by atoms with van der Waals surface area (Å²) in [7, 11) is 1.78. The van der Waals surface area contributed by atoms with Crippen molar-refractivity contribution in [1.29, 1.82) is 0 Å². The second kappa shape index (κ2) is 15.7. The number of nitrogens with one attached hydrogen (secondary N) is 1. The molecule has 0 heterocycles. The van der Waals surface area contributed by atoms with E-state index in [0.717, 1.165) is 42.4 Å². The first-order chi connectivity index (χ1) is 20.0. The Morgan fingerprint density at radius 3 is 2.55 bits per heavy atom. The molecule has 232 valence electrons. The van der Waals surface area contributed by atoms with Gasteiger partial charge in [-0.2, -0.15) is 0 Å². The molecule has 0 aliphatic heterocycles. The minimum absolute atomic E-state index is 0.0762. The highest BCUT2D eigenvalue weighted by atomic mass is 35.5. The molecule has 2 aromatic carbocycles. The molecule has 2 N–H and O–H groups in total. The highest BCUT2D eigenvalue weighted by molar-refractivity contribution is 6.31. The van der Waals surface area contributed by atoms with Crippen LogP contribution in [0, 0.1) is 17.3 Å². The number of esters is 1. The summed E-state index contributed by atoms with van der Waals surface area (Å²) in [4.78, 5) is 27.1. The van der Waals surface area contributed by atoms with Crippen LogP contribution in [-0.4, -0.2) is 55.4 Å². The Kier molecular flexibility index (Phi) is 12.7. The molecule has 3 unspecified atom stereocenters. The van der Waals surface area contributed by atoms with E-state index in [9.17, 15) is 14.7 Å². The molecule has 2 aromatic rings. The predicted molar refractivity (Wildman–Crippen MR) is 167 cm³/mol. The molecule has 0 spiro atoms. The van der Waals surface area contributed by atoms with E-state index in [0.29, 0.717) is 31.3 Å². The third kappa shape index (κ3) is 8.95. The van der Waals surface area contributed by atoms with Crippen molar-refractivity contribution in [2.45, 2.75) is 78.4 Å². The van der Waals surface area contributed by atoms with Crippen molar-refractivity contribution in [3.8, 4) is 0 Å². The highest BCUT2D eigenvalue weighted by Crippen LogP contribution is 2.52. The number of aliphatic hydroxyl groups is 1. The van der Waals surface area contributed by atoms with E-state index < -0.39 is 5.54 Å². The van der Waals surface area contributed by atoms with Gasteiger partial charge in [-0.25, -0.2) is 4.79 Å². The predicted octanol–water partition coefficient (Wildman–Crippen LogP) is 6.73. The fourth-order valence-corrected chi connectivity index (χ4v) is 6.40. The SMILES string of the molecule is CCOC(=O)CCNC(=O)N(C)C1(c2ccc(CCC(C)(C)C)c(Cl)c2)CCC(CCOCc2ccccc2)C1CO. The number of ether oxygens (including phenoxy) is 2. The Labute approximate surface area is 256 Å². The molecule has 1 aliphatic carbocycles.